The summed E-state index contributed by atoms with van der Waals surface area (Å²) in [5.74, 6) is -1.82. The molecule has 1 aliphatic rings. The molecular weight excluding hydrogens is 393 g/mol. The quantitative estimate of drug-likeness (QED) is 0.447. The van der Waals surface area contributed by atoms with Crippen molar-refractivity contribution in [3.63, 3.8) is 0 Å². The Bertz CT molecular complexity index is 1000. The van der Waals surface area contributed by atoms with E-state index < -0.39 is 17.6 Å². The fourth-order valence-corrected chi connectivity index (χ4v) is 3.36. The standard InChI is InChI=1S/C21H20FN3O3S/c1-3-24(4-2)16-8-5-13(18(26)12-16)11-17-19(27)23-21(29)25(20(17)28)15-9-6-14(22)7-10-15/h5-12,26H,3-4H2,1-2H3,(H,23,27,29)/b17-11-. The van der Waals surface area contributed by atoms with Gasteiger partial charge in [-0.15, -0.1) is 0 Å². The molecule has 6 nitrogen and oxygen atoms in total. The first-order valence-corrected chi connectivity index (χ1v) is 9.51. The van der Waals surface area contributed by atoms with Crippen LogP contribution in [0.2, 0.25) is 0 Å². The van der Waals surface area contributed by atoms with Crippen molar-refractivity contribution in [2.45, 2.75) is 13.8 Å². The third-order valence-corrected chi connectivity index (χ3v) is 4.91. The highest BCUT2D eigenvalue weighted by atomic mass is 32.1. The molecule has 0 aliphatic carbocycles. The van der Waals surface area contributed by atoms with Gasteiger partial charge in [0.1, 0.15) is 17.1 Å². The molecule has 2 aromatic rings. The second-order valence-electron chi connectivity index (χ2n) is 6.35. The van der Waals surface area contributed by atoms with Crippen molar-refractivity contribution < 1.29 is 19.1 Å². The number of phenols is 1. The molecule has 0 atom stereocenters. The molecule has 2 aromatic carbocycles. The number of halogens is 1. The molecule has 2 N–H and O–H groups in total. The molecule has 8 heteroatoms. The zero-order valence-corrected chi connectivity index (χ0v) is 16.8. The highest BCUT2D eigenvalue weighted by Crippen LogP contribution is 2.28. The number of rotatable bonds is 5. The second kappa shape index (κ2) is 8.40. The van der Waals surface area contributed by atoms with Gasteiger partial charge in [0, 0.05) is 30.4 Å². The molecule has 1 saturated heterocycles. The molecule has 0 spiro atoms. The minimum Gasteiger partial charge on any atom is -0.507 e. The van der Waals surface area contributed by atoms with Crippen LogP contribution in [0.15, 0.2) is 48.0 Å². The van der Waals surface area contributed by atoms with Crippen LogP contribution in [0.5, 0.6) is 5.75 Å². The third-order valence-electron chi connectivity index (χ3n) is 4.63. The molecule has 0 saturated carbocycles. The summed E-state index contributed by atoms with van der Waals surface area (Å²) in [6.45, 7) is 5.57. The van der Waals surface area contributed by atoms with Crippen LogP contribution in [0.3, 0.4) is 0 Å². The van der Waals surface area contributed by atoms with E-state index in [0.717, 1.165) is 23.7 Å². The van der Waals surface area contributed by atoms with E-state index in [0.29, 0.717) is 11.3 Å². The van der Waals surface area contributed by atoms with E-state index in [2.05, 4.69) is 10.2 Å². The van der Waals surface area contributed by atoms with Crippen molar-refractivity contribution in [2.24, 2.45) is 0 Å². The average Bonchev–Trinajstić information content (AvgIpc) is 2.69. The zero-order valence-electron chi connectivity index (χ0n) is 16.0. The van der Waals surface area contributed by atoms with Gasteiger partial charge in [-0.2, -0.15) is 0 Å². The van der Waals surface area contributed by atoms with Gasteiger partial charge in [-0.3, -0.25) is 19.8 Å². The molecule has 3 rings (SSSR count). The number of anilines is 2. The van der Waals surface area contributed by atoms with E-state index in [4.69, 9.17) is 12.2 Å². The van der Waals surface area contributed by atoms with Gasteiger partial charge in [0.2, 0.25) is 0 Å². The molecule has 2 amide bonds. The number of hydrogen-bond acceptors (Lipinski definition) is 5. The molecule has 1 fully saturated rings. The highest BCUT2D eigenvalue weighted by Gasteiger charge is 2.34. The van der Waals surface area contributed by atoms with E-state index >= 15 is 0 Å². The Kier molecular flexibility index (Phi) is 5.93. The SMILES string of the molecule is CCN(CC)c1ccc(/C=C2/C(=O)NC(=S)N(c3ccc(F)cc3)C2=O)c(O)c1. The Balaban J connectivity index is 1.97. The molecule has 150 valence electrons. The van der Waals surface area contributed by atoms with Gasteiger partial charge in [0.15, 0.2) is 5.11 Å². The van der Waals surface area contributed by atoms with Gasteiger partial charge in [0.25, 0.3) is 11.8 Å². The number of amides is 2. The minimum atomic E-state index is -0.661. The van der Waals surface area contributed by atoms with Gasteiger partial charge in [0.05, 0.1) is 5.69 Å². The van der Waals surface area contributed by atoms with Crippen LogP contribution < -0.4 is 15.1 Å². The molecule has 0 aromatic heterocycles. The number of thiocarbonyl (C=S) groups is 1. The molecular formula is C21H20FN3O3S. The fourth-order valence-electron chi connectivity index (χ4n) is 3.08. The van der Waals surface area contributed by atoms with Crippen LogP contribution >= 0.6 is 12.2 Å². The normalized spacial score (nSPS) is 15.6. The topological polar surface area (TPSA) is 72.9 Å². The second-order valence-corrected chi connectivity index (χ2v) is 6.74. The summed E-state index contributed by atoms with van der Waals surface area (Å²) in [6, 6.07) is 10.2. The van der Waals surface area contributed by atoms with Crippen LogP contribution in [0.1, 0.15) is 19.4 Å². The fraction of sp³-hybridized carbons (Fsp3) is 0.190. The maximum atomic E-state index is 13.2. The number of phenolic OH excluding ortho intramolecular Hbond substituents is 1. The minimum absolute atomic E-state index is 0.0519. The first-order chi connectivity index (χ1) is 13.8. The summed E-state index contributed by atoms with van der Waals surface area (Å²) >= 11 is 5.11. The van der Waals surface area contributed by atoms with Gasteiger partial charge in [-0.1, -0.05) is 0 Å². The monoisotopic (exact) mass is 413 g/mol. The summed E-state index contributed by atoms with van der Waals surface area (Å²) in [7, 11) is 0. The summed E-state index contributed by atoms with van der Waals surface area (Å²) < 4.78 is 13.2. The predicted octanol–water partition coefficient (Wildman–Crippen LogP) is 3.21. The lowest BCUT2D eigenvalue weighted by molar-refractivity contribution is -0.122. The zero-order chi connectivity index (χ0) is 21.1. The van der Waals surface area contributed by atoms with Crippen LogP contribution in [-0.2, 0) is 9.59 Å². The van der Waals surface area contributed by atoms with Crippen molar-refractivity contribution >= 4 is 46.6 Å². The lowest BCUT2D eigenvalue weighted by Gasteiger charge is -2.29. The van der Waals surface area contributed by atoms with Crippen LogP contribution in [0.25, 0.3) is 6.08 Å². The predicted molar refractivity (Wildman–Crippen MR) is 114 cm³/mol. The number of benzene rings is 2. The van der Waals surface area contributed by atoms with Gasteiger partial charge < -0.3 is 10.0 Å². The molecule has 29 heavy (non-hydrogen) atoms. The maximum Gasteiger partial charge on any atom is 0.270 e. The summed E-state index contributed by atoms with van der Waals surface area (Å²) in [4.78, 5) is 28.5. The lowest BCUT2D eigenvalue weighted by atomic mass is 10.1. The van der Waals surface area contributed by atoms with E-state index in [1.807, 2.05) is 19.9 Å². The molecule has 1 heterocycles. The Labute approximate surface area is 173 Å². The Hall–Kier alpha value is -3.26. The number of aromatic hydroxyl groups is 1. The maximum absolute atomic E-state index is 13.2. The van der Waals surface area contributed by atoms with Gasteiger partial charge in [-0.05, 0) is 68.5 Å². The largest absolute Gasteiger partial charge is 0.507 e. The first-order valence-electron chi connectivity index (χ1n) is 9.10. The number of carbonyl (C=O) groups is 2. The first kappa shape index (κ1) is 20.5. The Morgan fingerprint density at radius 1 is 1.14 bits per heavy atom. The van der Waals surface area contributed by atoms with Crippen molar-refractivity contribution in [2.75, 3.05) is 22.9 Å². The van der Waals surface area contributed by atoms with E-state index in [1.54, 1.807) is 12.1 Å². The van der Waals surface area contributed by atoms with Crippen LogP contribution in [0, 0.1) is 5.82 Å². The molecule has 0 bridgehead atoms. The van der Waals surface area contributed by atoms with Crippen molar-refractivity contribution in [1.29, 1.82) is 0 Å². The number of carbonyl (C=O) groups excluding carboxylic acids is 2. The Morgan fingerprint density at radius 2 is 1.79 bits per heavy atom. The molecule has 1 aliphatic heterocycles. The van der Waals surface area contributed by atoms with E-state index in [1.165, 1.54) is 30.3 Å². The average molecular weight is 413 g/mol. The number of hydrogen-bond donors (Lipinski definition) is 2. The summed E-state index contributed by atoms with van der Waals surface area (Å²) in [6.07, 6.45) is 1.32. The lowest BCUT2D eigenvalue weighted by Crippen LogP contribution is -2.54. The van der Waals surface area contributed by atoms with Gasteiger partial charge in [-0.25, -0.2) is 4.39 Å². The van der Waals surface area contributed by atoms with Crippen LogP contribution in [-0.4, -0.2) is 35.1 Å². The number of nitrogens with one attached hydrogen (secondary N) is 1. The Morgan fingerprint density at radius 3 is 2.38 bits per heavy atom. The van der Waals surface area contributed by atoms with Crippen molar-refractivity contribution in [1.82, 2.24) is 5.32 Å². The number of nitrogens with zero attached hydrogens (tertiary/aromatic N) is 2. The van der Waals surface area contributed by atoms with E-state index in [9.17, 15) is 19.1 Å². The summed E-state index contributed by atoms with van der Waals surface area (Å²) in [5, 5.41) is 12.8. The van der Waals surface area contributed by atoms with Gasteiger partial charge >= 0.3 is 0 Å². The third kappa shape index (κ3) is 4.12. The molecule has 0 radical (unpaired) electrons. The summed E-state index contributed by atoms with van der Waals surface area (Å²) in [5.41, 5.74) is 1.30. The highest BCUT2D eigenvalue weighted by molar-refractivity contribution is 7.80. The molecule has 0 unspecified atom stereocenters. The van der Waals surface area contributed by atoms with Crippen molar-refractivity contribution in [3.8, 4) is 5.75 Å². The smallest absolute Gasteiger partial charge is 0.270 e. The van der Waals surface area contributed by atoms with E-state index in [-0.39, 0.29) is 16.4 Å². The van der Waals surface area contributed by atoms with Crippen molar-refractivity contribution in [3.05, 3.63) is 59.4 Å². The van der Waals surface area contributed by atoms with Crippen LogP contribution in [0.4, 0.5) is 15.8 Å².